The monoisotopic (exact) mass is 221 g/mol. The van der Waals surface area contributed by atoms with Crippen LogP contribution in [-0.4, -0.2) is 5.04 Å². The average molecular weight is 221 g/mol. The van der Waals surface area contributed by atoms with E-state index in [2.05, 4.69) is 36.2 Å². The molecule has 3 aliphatic rings. The van der Waals surface area contributed by atoms with E-state index >= 15 is 0 Å². The summed E-state index contributed by atoms with van der Waals surface area (Å²) in [4.78, 5) is 5.99. The Hall–Kier alpha value is -0.410. The fraction of sp³-hybridized carbons (Fsp3) is 0.364. The first kappa shape index (κ1) is 8.86. The van der Waals surface area contributed by atoms with Crippen molar-refractivity contribution in [1.82, 2.24) is 0 Å². The second kappa shape index (κ2) is 3.04. The molecule has 0 amide bonds. The van der Waals surface area contributed by atoms with Gasteiger partial charge in [-0.05, 0) is 17.2 Å². The van der Waals surface area contributed by atoms with Gasteiger partial charge in [0.25, 0.3) is 0 Å². The zero-order valence-electron chi connectivity index (χ0n) is 7.93. The molecule has 1 nitrogen and oxygen atoms in total. The van der Waals surface area contributed by atoms with Crippen LogP contribution in [-0.2, 0) is 0 Å². The second-order valence-corrected chi connectivity index (χ2v) is 6.23. The summed E-state index contributed by atoms with van der Waals surface area (Å²) in [6.45, 7) is 2.33. The van der Waals surface area contributed by atoms with Crippen LogP contribution < -0.4 is 0 Å². The lowest BCUT2D eigenvalue weighted by molar-refractivity contribution is 0.400. The van der Waals surface area contributed by atoms with Gasteiger partial charge in [-0.3, -0.25) is 4.99 Å². The number of hydrogen-bond acceptors (Lipinski definition) is 3. The molecule has 0 aromatic heterocycles. The molecule has 2 aliphatic heterocycles. The van der Waals surface area contributed by atoms with Gasteiger partial charge in [0.05, 0.1) is 5.04 Å². The zero-order valence-corrected chi connectivity index (χ0v) is 9.57. The van der Waals surface area contributed by atoms with E-state index in [9.17, 15) is 0 Å². The van der Waals surface area contributed by atoms with Gasteiger partial charge >= 0.3 is 0 Å². The first-order valence-corrected chi connectivity index (χ1v) is 6.92. The lowest BCUT2D eigenvalue weighted by atomic mass is 9.75. The van der Waals surface area contributed by atoms with Crippen molar-refractivity contribution in [2.75, 3.05) is 0 Å². The van der Waals surface area contributed by atoms with Crippen molar-refractivity contribution in [2.24, 2.45) is 16.3 Å². The number of hydrogen-bond donors (Lipinski definition) is 0. The first-order chi connectivity index (χ1) is 6.81. The Balaban J connectivity index is 2.07. The van der Waals surface area contributed by atoms with Crippen molar-refractivity contribution in [3.63, 3.8) is 0 Å². The third-order valence-electron chi connectivity index (χ3n) is 3.10. The van der Waals surface area contributed by atoms with E-state index in [1.807, 2.05) is 27.8 Å². The molecule has 0 radical (unpaired) electrons. The van der Waals surface area contributed by atoms with Gasteiger partial charge in [-0.25, -0.2) is 0 Å². The number of allylic oxidation sites excluding steroid dienone is 5. The van der Waals surface area contributed by atoms with Crippen LogP contribution in [0.5, 0.6) is 0 Å². The SMILES string of the molecule is CC12CC=CN=C1SSC1=CC=CC12. The summed E-state index contributed by atoms with van der Waals surface area (Å²) in [6.07, 6.45) is 12.0. The Morgan fingerprint density at radius 1 is 1.50 bits per heavy atom. The minimum absolute atomic E-state index is 0.226. The van der Waals surface area contributed by atoms with Crippen molar-refractivity contribution in [2.45, 2.75) is 13.3 Å². The lowest BCUT2D eigenvalue weighted by Crippen LogP contribution is -2.36. The van der Waals surface area contributed by atoms with Crippen LogP contribution in [0.1, 0.15) is 13.3 Å². The quantitative estimate of drug-likeness (QED) is 0.577. The zero-order chi connectivity index (χ0) is 9.60. The fourth-order valence-electron chi connectivity index (χ4n) is 2.18. The number of rotatable bonds is 0. The van der Waals surface area contributed by atoms with Gasteiger partial charge in [0.15, 0.2) is 0 Å². The van der Waals surface area contributed by atoms with Crippen molar-refractivity contribution >= 4 is 26.6 Å². The van der Waals surface area contributed by atoms with Crippen LogP contribution >= 0.6 is 21.6 Å². The molecular weight excluding hydrogens is 210 g/mol. The summed E-state index contributed by atoms with van der Waals surface area (Å²) in [5, 5.41) is 1.29. The molecule has 1 aliphatic carbocycles. The Morgan fingerprint density at radius 3 is 3.36 bits per heavy atom. The summed E-state index contributed by atoms with van der Waals surface area (Å²) >= 11 is 0. The van der Waals surface area contributed by atoms with Gasteiger partial charge in [-0.15, -0.1) is 0 Å². The third-order valence-corrected chi connectivity index (χ3v) is 5.80. The van der Waals surface area contributed by atoms with Crippen LogP contribution in [0.3, 0.4) is 0 Å². The Labute approximate surface area is 91.8 Å². The average Bonchev–Trinajstić information content (AvgIpc) is 2.66. The molecule has 0 spiro atoms. The summed E-state index contributed by atoms with van der Waals surface area (Å²) in [5.74, 6) is 0.567. The van der Waals surface area contributed by atoms with Crippen molar-refractivity contribution < 1.29 is 0 Å². The first-order valence-electron chi connectivity index (χ1n) is 4.77. The third kappa shape index (κ3) is 1.09. The predicted octanol–water partition coefficient (Wildman–Crippen LogP) is 3.77. The second-order valence-electron chi connectivity index (χ2n) is 4.04. The van der Waals surface area contributed by atoms with Gasteiger partial charge in [-0.2, -0.15) is 0 Å². The number of fused-ring (bicyclic) bond motifs is 3. The standard InChI is InChI=1S/C11H11NS2/c1-11-6-3-7-12-10(11)14-13-9-5-2-4-8(9)11/h2-5,7-8H,6H2,1H3. The Kier molecular flexibility index (Phi) is 1.92. The minimum Gasteiger partial charge on any atom is -0.253 e. The summed E-state index contributed by atoms with van der Waals surface area (Å²) < 4.78 is 0. The molecule has 14 heavy (non-hydrogen) atoms. The maximum atomic E-state index is 4.50. The molecule has 1 saturated heterocycles. The molecule has 0 aromatic carbocycles. The molecule has 0 saturated carbocycles. The van der Waals surface area contributed by atoms with E-state index in [4.69, 9.17) is 0 Å². The molecular formula is C11H11NS2. The van der Waals surface area contributed by atoms with E-state index in [0.717, 1.165) is 6.42 Å². The Morgan fingerprint density at radius 2 is 2.43 bits per heavy atom. The van der Waals surface area contributed by atoms with Gasteiger partial charge in [-0.1, -0.05) is 42.0 Å². The topological polar surface area (TPSA) is 12.4 Å². The van der Waals surface area contributed by atoms with Gasteiger partial charge in [0.2, 0.25) is 0 Å². The van der Waals surface area contributed by atoms with E-state index in [0.29, 0.717) is 5.92 Å². The predicted molar refractivity (Wildman–Crippen MR) is 65.2 cm³/mol. The molecule has 3 heteroatoms. The molecule has 0 N–H and O–H groups in total. The summed E-state index contributed by atoms with van der Waals surface area (Å²) in [7, 11) is 3.70. The lowest BCUT2D eigenvalue weighted by Gasteiger charge is -2.40. The van der Waals surface area contributed by atoms with Crippen molar-refractivity contribution in [3.05, 3.63) is 35.4 Å². The van der Waals surface area contributed by atoms with Crippen molar-refractivity contribution in [1.29, 1.82) is 0 Å². The molecule has 0 bridgehead atoms. The van der Waals surface area contributed by atoms with Crippen LogP contribution in [0.25, 0.3) is 0 Å². The van der Waals surface area contributed by atoms with Gasteiger partial charge in [0, 0.05) is 22.4 Å². The van der Waals surface area contributed by atoms with E-state index in [1.165, 1.54) is 9.95 Å². The van der Waals surface area contributed by atoms with Gasteiger partial charge < -0.3 is 0 Å². The molecule has 2 atom stereocenters. The number of nitrogens with zero attached hydrogens (tertiary/aromatic N) is 1. The normalized spacial score (nSPS) is 38.8. The van der Waals surface area contributed by atoms with Crippen LogP contribution in [0.4, 0.5) is 0 Å². The summed E-state index contributed by atoms with van der Waals surface area (Å²) in [5.41, 5.74) is 0.226. The Bertz CT molecular complexity index is 392. The van der Waals surface area contributed by atoms with Gasteiger partial charge in [0.1, 0.15) is 0 Å². The van der Waals surface area contributed by atoms with Crippen LogP contribution in [0.15, 0.2) is 40.4 Å². The van der Waals surface area contributed by atoms with Crippen LogP contribution in [0.2, 0.25) is 0 Å². The molecule has 2 unspecified atom stereocenters. The molecule has 1 fully saturated rings. The van der Waals surface area contributed by atoms with E-state index < -0.39 is 0 Å². The highest BCUT2D eigenvalue weighted by molar-refractivity contribution is 8.83. The fourth-order valence-corrected chi connectivity index (χ4v) is 5.14. The molecule has 72 valence electrons. The largest absolute Gasteiger partial charge is 0.253 e. The maximum Gasteiger partial charge on any atom is 0.0911 e. The maximum absolute atomic E-state index is 4.50. The summed E-state index contributed by atoms with van der Waals surface area (Å²) in [6, 6.07) is 0. The van der Waals surface area contributed by atoms with E-state index in [1.54, 1.807) is 0 Å². The highest BCUT2D eigenvalue weighted by atomic mass is 33.1. The number of aliphatic imine (C=N–C) groups is 1. The molecule has 3 rings (SSSR count). The van der Waals surface area contributed by atoms with E-state index in [-0.39, 0.29) is 5.41 Å². The minimum atomic E-state index is 0.226. The molecule has 2 heterocycles. The molecule has 0 aromatic rings. The van der Waals surface area contributed by atoms with Crippen molar-refractivity contribution in [3.8, 4) is 0 Å². The smallest absolute Gasteiger partial charge is 0.0911 e. The van der Waals surface area contributed by atoms with Crippen LogP contribution in [0, 0.1) is 11.3 Å². The highest BCUT2D eigenvalue weighted by Crippen LogP contribution is 2.57. The highest BCUT2D eigenvalue weighted by Gasteiger charge is 2.44.